The summed E-state index contributed by atoms with van der Waals surface area (Å²) in [5, 5.41) is 8.79. The Morgan fingerprint density at radius 3 is 2.15 bits per heavy atom. The third kappa shape index (κ3) is 3.71. The van der Waals surface area contributed by atoms with Gasteiger partial charge in [0.25, 0.3) is 0 Å². The van der Waals surface area contributed by atoms with Crippen LogP contribution in [0.15, 0.2) is 23.3 Å². The van der Waals surface area contributed by atoms with Gasteiger partial charge in [-0.05, 0) is 19.8 Å². The van der Waals surface area contributed by atoms with Crippen molar-refractivity contribution in [3.63, 3.8) is 0 Å². The van der Waals surface area contributed by atoms with Gasteiger partial charge in [0.2, 0.25) is 0 Å². The van der Waals surface area contributed by atoms with E-state index in [0.717, 1.165) is 12.8 Å². The highest BCUT2D eigenvalue weighted by atomic mass is 16.1. The second-order valence-corrected chi connectivity index (χ2v) is 2.72. The van der Waals surface area contributed by atoms with Gasteiger partial charge in [0, 0.05) is 5.57 Å². The van der Waals surface area contributed by atoms with Crippen molar-refractivity contribution in [1.82, 2.24) is 0 Å². The van der Waals surface area contributed by atoms with Gasteiger partial charge in [0.05, 0.1) is 11.6 Å². The molecule has 0 saturated heterocycles. The Morgan fingerprint density at radius 1 is 1.31 bits per heavy atom. The van der Waals surface area contributed by atoms with Gasteiger partial charge < -0.3 is 0 Å². The maximum absolute atomic E-state index is 11.1. The number of nitrogens with zero attached hydrogens (tertiary/aromatic N) is 1. The lowest BCUT2D eigenvalue weighted by Crippen LogP contribution is -1.99. The molecule has 0 fully saturated rings. The van der Waals surface area contributed by atoms with Crippen LogP contribution < -0.4 is 0 Å². The molecule has 0 aliphatic heterocycles. The average molecular weight is 177 g/mol. The van der Waals surface area contributed by atoms with Crippen LogP contribution in [0, 0.1) is 11.3 Å². The molecule has 0 N–H and O–H groups in total. The lowest BCUT2D eigenvalue weighted by Gasteiger charge is -2.00. The molecule has 0 aliphatic rings. The highest BCUT2D eigenvalue weighted by Crippen LogP contribution is 2.12. The summed E-state index contributed by atoms with van der Waals surface area (Å²) in [6.45, 7) is 5.38. The molecule has 0 spiro atoms. The zero-order valence-corrected chi connectivity index (χ0v) is 8.42. The maximum atomic E-state index is 11.1. The molecule has 0 aromatic heterocycles. The molecule has 0 heterocycles. The van der Waals surface area contributed by atoms with Crippen LogP contribution in [0.3, 0.4) is 0 Å². The summed E-state index contributed by atoms with van der Waals surface area (Å²) >= 11 is 0. The molecule has 0 bridgehead atoms. The summed E-state index contributed by atoms with van der Waals surface area (Å²) in [7, 11) is 0. The van der Waals surface area contributed by atoms with Gasteiger partial charge in [-0.25, -0.2) is 0 Å². The maximum Gasteiger partial charge on any atom is 0.160 e. The lowest BCUT2D eigenvalue weighted by molar-refractivity contribution is -0.113. The second kappa shape index (κ2) is 6.19. The predicted octanol–water partition coefficient (Wildman–Crippen LogP) is 2.77. The van der Waals surface area contributed by atoms with Gasteiger partial charge in [-0.2, -0.15) is 5.26 Å². The third-order valence-electron chi connectivity index (χ3n) is 1.61. The highest BCUT2D eigenvalue weighted by molar-refractivity contribution is 5.98. The fraction of sp³-hybridized carbons (Fsp3) is 0.455. The summed E-state index contributed by atoms with van der Waals surface area (Å²) in [6, 6.07) is 2.04. The van der Waals surface area contributed by atoms with Crippen LogP contribution in [0.4, 0.5) is 0 Å². The normalized spacial score (nSPS) is 12.5. The van der Waals surface area contributed by atoms with Gasteiger partial charge >= 0.3 is 0 Å². The minimum Gasteiger partial charge on any atom is -0.294 e. The largest absolute Gasteiger partial charge is 0.294 e. The van der Waals surface area contributed by atoms with Crippen molar-refractivity contribution in [2.45, 2.75) is 33.6 Å². The van der Waals surface area contributed by atoms with E-state index < -0.39 is 0 Å². The summed E-state index contributed by atoms with van der Waals surface area (Å²) < 4.78 is 0. The number of allylic oxidation sites excluding steroid dienone is 4. The number of carbonyl (C=O) groups is 1. The van der Waals surface area contributed by atoms with Gasteiger partial charge in [-0.1, -0.05) is 26.0 Å². The molecule has 70 valence electrons. The minimum absolute atomic E-state index is 0.0388. The molecular weight excluding hydrogens is 162 g/mol. The number of Topliss-reactive ketones (excluding diaryl/α,β-unsaturated/α-hetero) is 1. The Morgan fingerprint density at radius 2 is 1.85 bits per heavy atom. The topological polar surface area (TPSA) is 40.9 Å². The summed E-state index contributed by atoms with van der Waals surface area (Å²) in [4.78, 5) is 11.1. The number of rotatable bonds is 4. The van der Waals surface area contributed by atoms with Crippen molar-refractivity contribution < 1.29 is 4.79 Å². The van der Waals surface area contributed by atoms with Crippen molar-refractivity contribution in [3.05, 3.63) is 23.3 Å². The van der Waals surface area contributed by atoms with Gasteiger partial charge in [-0.15, -0.1) is 0 Å². The van der Waals surface area contributed by atoms with Crippen LogP contribution in [0.1, 0.15) is 33.6 Å². The van der Waals surface area contributed by atoms with Crippen LogP contribution in [-0.4, -0.2) is 5.78 Å². The fourth-order valence-corrected chi connectivity index (χ4v) is 1.07. The molecule has 0 saturated carbocycles. The van der Waals surface area contributed by atoms with Gasteiger partial charge in [0.15, 0.2) is 5.78 Å². The molecule has 0 aromatic carbocycles. The quantitative estimate of drug-likeness (QED) is 0.376. The van der Waals surface area contributed by atoms with Crippen LogP contribution in [0.5, 0.6) is 0 Å². The van der Waals surface area contributed by atoms with Crippen LogP contribution in [0.25, 0.3) is 0 Å². The summed E-state index contributed by atoms with van der Waals surface area (Å²) in [5.41, 5.74) is 1.05. The molecule has 13 heavy (non-hydrogen) atoms. The smallest absolute Gasteiger partial charge is 0.160 e. The predicted molar refractivity (Wildman–Crippen MR) is 53.0 cm³/mol. The molecule has 2 nitrogen and oxygen atoms in total. The van der Waals surface area contributed by atoms with E-state index in [0.29, 0.717) is 11.1 Å². The van der Waals surface area contributed by atoms with E-state index in [1.54, 1.807) is 12.2 Å². The molecule has 0 radical (unpaired) electrons. The van der Waals surface area contributed by atoms with Crippen molar-refractivity contribution >= 4 is 5.78 Å². The second-order valence-electron chi connectivity index (χ2n) is 2.72. The highest BCUT2D eigenvalue weighted by Gasteiger charge is 2.07. The molecule has 0 atom stereocenters. The number of nitriles is 1. The first-order valence-electron chi connectivity index (χ1n) is 4.49. The Balaban J connectivity index is 4.95. The van der Waals surface area contributed by atoms with Crippen molar-refractivity contribution in [3.8, 4) is 6.07 Å². The monoisotopic (exact) mass is 177 g/mol. The van der Waals surface area contributed by atoms with E-state index in [9.17, 15) is 4.79 Å². The number of ketones is 1. The van der Waals surface area contributed by atoms with Crippen molar-refractivity contribution in [2.24, 2.45) is 0 Å². The zero-order valence-electron chi connectivity index (χ0n) is 8.42. The molecule has 2 heteroatoms. The number of carbonyl (C=O) groups excluding carboxylic acids is 1. The van der Waals surface area contributed by atoms with Crippen molar-refractivity contribution in [2.75, 3.05) is 0 Å². The van der Waals surface area contributed by atoms with Crippen LogP contribution >= 0.6 is 0 Å². The van der Waals surface area contributed by atoms with E-state index in [2.05, 4.69) is 0 Å². The zero-order chi connectivity index (χ0) is 10.3. The van der Waals surface area contributed by atoms with E-state index in [1.807, 2.05) is 19.9 Å². The standard InChI is InChI=1S/C11H15NO/c1-4-6-10(8-12)11(7-5-2)9(3)13/h6-7H,4-5H2,1-3H3/b10-6-,11-7-. The first-order valence-corrected chi connectivity index (χ1v) is 4.49. The van der Waals surface area contributed by atoms with Crippen LogP contribution in [0.2, 0.25) is 0 Å². The fourth-order valence-electron chi connectivity index (χ4n) is 1.07. The van der Waals surface area contributed by atoms with E-state index in [-0.39, 0.29) is 5.78 Å². The van der Waals surface area contributed by atoms with Gasteiger partial charge in [0.1, 0.15) is 0 Å². The Hall–Kier alpha value is -1.36. The minimum atomic E-state index is -0.0388. The Kier molecular flexibility index (Phi) is 5.54. The third-order valence-corrected chi connectivity index (χ3v) is 1.61. The van der Waals surface area contributed by atoms with E-state index in [4.69, 9.17) is 5.26 Å². The summed E-state index contributed by atoms with van der Waals surface area (Å²) in [6.07, 6.45) is 5.13. The molecular formula is C11H15NO. The Labute approximate surface area is 79.6 Å². The molecule has 0 amide bonds. The average Bonchev–Trinajstić information content (AvgIpc) is 2.10. The first-order chi connectivity index (χ1) is 6.17. The number of hydrogen-bond acceptors (Lipinski definition) is 2. The van der Waals surface area contributed by atoms with E-state index in [1.165, 1.54) is 6.92 Å². The van der Waals surface area contributed by atoms with E-state index >= 15 is 0 Å². The first kappa shape index (κ1) is 11.6. The van der Waals surface area contributed by atoms with Crippen LogP contribution in [-0.2, 0) is 4.79 Å². The SMILES string of the molecule is CC/C=C(C#N)\C(=C/CC)C(C)=O. The van der Waals surface area contributed by atoms with Crippen molar-refractivity contribution in [1.29, 1.82) is 5.26 Å². The molecule has 0 unspecified atom stereocenters. The molecule has 0 aromatic rings. The molecule has 0 aliphatic carbocycles. The Bertz CT molecular complexity index is 279. The molecule has 0 rings (SSSR count). The summed E-state index contributed by atoms with van der Waals surface area (Å²) in [5.74, 6) is -0.0388. The lowest BCUT2D eigenvalue weighted by atomic mass is 10.0. The number of hydrogen-bond donors (Lipinski definition) is 0. The van der Waals surface area contributed by atoms with Gasteiger partial charge in [-0.3, -0.25) is 4.79 Å².